The topological polar surface area (TPSA) is 45.2 Å². The Bertz CT molecular complexity index is 537. The third kappa shape index (κ3) is 3.62. The molecule has 1 aromatic heterocycles. The summed E-state index contributed by atoms with van der Waals surface area (Å²) in [6.07, 6.45) is 0. The molecule has 0 aliphatic heterocycles. The quantitative estimate of drug-likeness (QED) is 0.909. The molecule has 0 spiro atoms. The van der Waals surface area contributed by atoms with E-state index < -0.39 is 0 Å². The zero-order valence-corrected chi connectivity index (χ0v) is 11.9. The fraction of sp³-hybridized carbons (Fsp3) is 0.286. The number of carbonyl (C=O) groups excluding carboxylic acids is 1. The molecule has 2 rings (SSSR count). The highest BCUT2D eigenvalue weighted by molar-refractivity contribution is 7.12. The van der Waals surface area contributed by atoms with Gasteiger partial charge in [0, 0.05) is 18.7 Å². The summed E-state index contributed by atoms with van der Waals surface area (Å²) in [5.74, 6) is -0.0526. The average Bonchev–Trinajstić information content (AvgIpc) is 2.88. The van der Waals surface area contributed by atoms with Crippen molar-refractivity contribution in [3.8, 4) is 11.3 Å². The van der Waals surface area contributed by atoms with E-state index in [4.69, 9.17) is 0 Å². The minimum atomic E-state index is -0.0526. The number of amides is 1. The molecule has 0 unspecified atom stereocenters. The molecule has 1 amide bonds. The Hall–Kier alpha value is -1.72. The highest BCUT2D eigenvalue weighted by atomic mass is 32.1. The Morgan fingerprint density at radius 1 is 1.32 bits per heavy atom. The molecule has 0 atom stereocenters. The fourth-order valence-corrected chi connectivity index (χ4v) is 2.41. The van der Waals surface area contributed by atoms with Crippen LogP contribution >= 0.6 is 11.3 Å². The summed E-state index contributed by atoms with van der Waals surface area (Å²) in [6.45, 7) is 1.46. The number of hydrogen-bond acceptors (Lipinski definition) is 4. The van der Waals surface area contributed by atoms with Crippen LogP contribution in [0.2, 0.25) is 0 Å². The third-order valence-corrected chi connectivity index (χ3v) is 3.49. The van der Waals surface area contributed by atoms with Crippen LogP contribution in [0.5, 0.6) is 0 Å². The van der Waals surface area contributed by atoms with Gasteiger partial charge in [-0.25, -0.2) is 4.98 Å². The van der Waals surface area contributed by atoms with Gasteiger partial charge in [0.2, 0.25) is 0 Å². The Kier molecular flexibility index (Phi) is 4.65. The van der Waals surface area contributed by atoms with Crippen molar-refractivity contribution < 1.29 is 4.79 Å². The van der Waals surface area contributed by atoms with Gasteiger partial charge in [0.15, 0.2) is 0 Å². The van der Waals surface area contributed by atoms with Gasteiger partial charge in [-0.1, -0.05) is 30.3 Å². The van der Waals surface area contributed by atoms with E-state index in [1.165, 1.54) is 11.3 Å². The van der Waals surface area contributed by atoms with Crippen LogP contribution < -0.4 is 5.32 Å². The lowest BCUT2D eigenvalue weighted by atomic mass is 10.1. The molecule has 0 saturated carbocycles. The minimum Gasteiger partial charge on any atom is -0.350 e. The summed E-state index contributed by atoms with van der Waals surface area (Å²) in [5, 5.41) is 2.92. The minimum absolute atomic E-state index is 0.0526. The highest BCUT2D eigenvalue weighted by Gasteiger charge is 2.15. The van der Waals surface area contributed by atoms with Crippen molar-refractivity contribution in [2.24, 2.45) is 0 Å². The largest absolute Gasteiger partial charge is 0.350 e. The molecule has 0 aliphatic rings. The van der Waals surface area contributed by atoms with E-state index in [1.54, 1.807) is 5.51 Å². The number of benzene rings is 1. The number of hydrogen-bond donors (Lipinski definition) is 1. The Labute approximate surface area is 117 Å². The maximum absolute atomic E-state index is 12.1. The first-order valence-corrected chi connectivity index (χ1v) is 6.98. The molecule has 0 saturated heterocycles. The number of aromatic nitrogens is 1. The van der Waals surface area contributed by atoms with Crippen LogP contribution in [-0.4, -0.2) is 43.0 Å². The van der Waals surface area contributed by atoms with Crippen molar-refractivity contribution in [2.75, 3.05) is 27.2 Å². The Morgan fingerprint density at radius 3 is 2.74 bits per heavy atom. The zero-order valence-electron chi connectivity index (χ0n) is 11.1. The maximum Gasteiger partial charge on any atom is 0.263 e. The molecule has 1 heterocycles. The van der Waals surface area contributed by atoms with Crippen molar-refractivity contribution in [1.82, 2.24) is 15.2 Å². The molecule has 1 aromatic carbocycles. The standard InChI is InChI=1S/C14H17N3OS/c1-17(2)9-8-15-14(18)13-12(16-10-19-13)11-6-4-3-5-7-11/h3-7,10H,8-9H2,1-2H3,(H,15,18). The summed E-state index contributed by atoms with van der Waals surface area (Å²) in [5.41, 5.74) is 3.44. The summed E-state index contributed by atoms with van der Waals surface area (Å²) >= 11 is 1.37. The predicted octanol–water partition coefficient (Wildman–Crippen LogP) is 2.10. The van der Waals surface area contributed by atoms with E-state index in [-0.39, 0.29) is 5.91 Å². The van der Waals surface area contributed by atoms with Crippen LogP contribution in [0.3, 0.4) is 0 Å². The Balaban J connectivity index is 2.09. The van der Waals surface area contributed by atoms with E-state index in [1.807, 2.05) is 49.3 Å². The number of rotatable bonds is 5. The lowest BCUT2D eigenvalue weighted by molar-refractivity contribution is 0.0955. The first-order chi connectivity index (χ1) is 9.18. The van der Waals surface area contributed by atoms with E-state index in [0.717, 1.165) is 17.8 Å². The second kappa shape index (κ2) is 6.45. The van der Waals surface area contributed by atoms with Crippen LogP contribution in [0.25, 0.3) is 11.3 Å². The summed E-state index contributed by atoms with van der Waals surface area (Å²) < 4.78 is 0. The number of nitrogens with zero attached hydrogens (tertiary/aromatic N) is 2. The van der Waals surface area contributed by atoms with Crippen LogP contribution in [0.1, 0.15) is 9.67 Å². The van der Waals surface area contributed by atoms with E-state index in [2.05, 4.69) is 10.3 Å². The van der Waals surface area contributed by atoms with E-state index >= 15 is 0 Å². The molecule has 2 aromatic rings. The normalized spacial score (nSPS) is 10.7. The second-order valence-corrected chi connectivity index (χ2v) is 5.31. The van der Waals surface area contributed by atoms with Gasteiger partial charge in [0.25, 0.3) is 5.91 Å². The first kappa shape index (κ1) is 13.7. The van der Waals surface area contributed by atoms with Crippen molar-refractivity contribution >= 4 is 17.2 Å². The van der Waals surface area contributed by atoms with Gasteiger partial charge in [0.05, 0.1) is 11.2 Å². The van der Waals surface area contributed by atoms with Crippen LogP contribution in [-0.2, 0) is 0 Å². The van der Waals surface area contributed by atoms with E-state index in [0.29, 0.717) is 11.4 Å². The number of likely N-dealkylation sites (N-methyl/N-ethyl adjacent to an activating group) is 1. The molecule has 19 heavy (non-hydrogen) atoms. The highest BCUT2D eigenvalue weighted by Crippen LogP contribution is 2.24. The van der Waals surface area contributed by atoms with E-state index in [9.17, 15) is 4.79 Å². The molecule has 0 fully saturated rings. The number of thiazole rings is 1. The van der Waals surface area contributed by atoms with Crippen molar-refractivity contribution in [3.05, 3.63) is 40.7 Å². The van der Waals surface area contributed by atoms with Gasteiger partial charge in [-0.05, 0) is 14.1 Å². The van der Waals surface area contributed by atoms with Crippen molar-refractivity contribution in [2.45, 2.75) is 0 Å². The van der Waals surface area contributed by atoms with Crippen LogP contribution in [0.15, 0.2) is 35.8 Å². The molecule has 100 valence electrons. The number of carbonyl (C=O) groups is 1. The SMILES string of the molecule is CN(C)CCNC(=O)c1scnc1-c1ccccc1. The van der Waals surface area contributed by atoms with Gasteiger partial charge in [-0.15, -0.1) is 11.3 Å². The molecular formula is C14H17N3OS. The first-order valence-electron chi connectivity index (χ1n) is 6.10. The van der Waals surface area contributed by atoms with Gasteiger partial charge in [-0.3, -0.25) is 4.79 Å². The molecular weight excluding hydrogens is 258 g/mol. The lowest BCUT2D eigenvalue weighted by Gasteiger charge is -2.10. The van der Waals surface area contributed by atoms with Crippen LogP contribution in [0, 0.1) is 0 Å². The third-order valence-electron chi connectivity index (χ3n) is 2.67. The van der Waals surface area contributed by atoms with Crippen molar-refractivity contribution in [3.63, 3.8) is 0 Å². The maximum atomic E-state index is 12.1. The van der Waals surface area contributed by atoms with Gasteiger partial charge < -0.3 is 10.2 Å². The fourth-order valence-electron chi connectivity index (χ4n) is 1.68. The number of nitrogens with one attached hydrogen (secondary N) is 1. The summed E-state index contributed by atoms with van der Waals surface area (Å²) in [6, 6.07) is 9.77. The van der Waals surface area contributed by atoms with Gasteiger partial charge in [-0.2, -0.15) is 0 Å². The molecule has 0 bridgehead atoms. The van der Waals surface area contributed by atoms with Crippen LogP contribution in [0.4, 0.5) is 0 Å². The lowest BCUT2D eigenvalue weighted by Crippen LogP contribution is -2.31. The second-order valence-electron chi connectivity index (χ2n) is 4.46. The summed E-state index contributed by atoms with van der Waals surface area (Å²) in [7, 11) is 3.96. The smallest absolute Gasteiger partial charge is 0.263 e. The van der Waals surface area contributed by atoms with Crippen molar-refractivity contribution in [1.29, 1.82) is 0 Å². The van der Waals surface area contributed by atoms with Gasteiger partial charge >= 0.3 is 0 Å². The molecule has 0 aliphatic carbocycles. The molecule has 5 heteroatoms. The summed E-state index contributed by atoms with van der Waals surface area (Å²) in [4.78, 5) is 19.1. The zero-order chi connectivity index (χ0) is 13.7. The molecule has 4 nitrogen and oxygen atoms in total. The average molecular weight is 275 g/mol. The predicted molar refractivity (Wildman–Crippen MR) is 78.4 cm³/mol. The molecule has 0 radical (unpaired) electrons. The molecule has 1 N–H and O–H groups in total. The Morgan fingerprint density at radius 2 is 2.05 bits per heavy atom. The monoisotopic (exact) mass is 275 g/mol. The van der Waals surface area contributed by atoms with Gasteiger partial charge in [0.1, 0.15) is 4.88 Å².